The van der Waals surface area contributed by atoms with Crippen molar-refractivity contribution in [1.29, 1.82) is 0 Å². The zero-order valence-corrected chi connectivity index (χ0v) is 34.4. The van der Waals surface area contributed by atoms with Crippen molar-refractivity contribution in [1.82, 2.24) is 49.4 Å². The molecule has 306 valence electrons. The predicted octanol–water partition coefficient (Wildman–Crippen LogP) is 11.6. The average Bonchev–Trinajstić information content (AvgIpc) is 3.61. The molecule has 0 atom stereocenters. The first-order chi connectivity index (χ1) is 30.4. The lowest BCUT2D eigenvalue weighted by atomic mass is 9.99. The van der Waals surface area contributed by atoms with Gasteiger partial charge in [0.2, 0.25) is 0 Å². The molecule has 0 aliphatic rings. The van der Waals surface area contributed by atoms with Crippen molar-refractivity contribution in [3.05, 3.63) is 168 Å². The summed E-state index contributed by atoms with van der Waals surface area (Å²) in [7, 11) is 0. The lowest BCUT2D eigenvalue weighted by molar-refractivity contribution is -0.137. The summed E-state index contributed by atoms with van der Waals surface area (Å²) in [6.45, 7) is 7.31. The van der Waals surface area contributed by atoms with Crippen LogP contribution in [0.4, 0.5) is 13.2 Å². The van der Waals surface area contributed by atoms with Crippen molar-refractivity contribution in [3.63, 3.8) is 0 Å². The van der Waals surface area contributed by atoms with Crippen molar-refractivity contribution < 1.29 is 13.2 Å². The van der Waals surface area contributed by atoms with E-state index in [1.54, 1.807) is 12.1 Å². The van der Waals surface area contributed by atoms with Gasteiger partial charge in [-0.3, -0.25) is 0 Å². The van der Waals surface area contributed by atoms with Gasteiger partial charge in [0.1, 0.15) is 23.3 Å². The average molecular weight is 833 g/mol. The molecule has 4 heterocycles. The van der Waals surface area contributed by atoms with Crippen LogP contribution in [0.3, 0.4) is 0 Å². The van der Waals surface area contributed by atoms with Gasteiger partial charge in [-0.05, 0) is 75.2 Å². The molecule has 0 saturated heterocycles. The van der Waals surface area contributed by atoms with Crippen LogP contribution in [0.1, 0.15) is 28.9 Å². The van der Waals surface area contributed by atoms with Gasteiger partial charge in [0, 0.05) is 38.6 Å². The van der Waals surface area contributed by atoms with E-state index in [9.17, 15) is 13.2 Å². The van der Waals surface area contributed by atoms with E-state index in [4.69, 9.17) is 15.0 Å². The Morgan fingerprint density at radius 3 is 1.29 bits per heavy atom. The van der Waals surface area contributed by atoms with Gasteiger partial charge >= 0.3 is 6.18 Å². The molecule has 0 amide bonds. The molecule has 63 heavy (non-hydrogen) atoms. The quantitative estimate of drug-likeness (QED) is 0.154. The summed E-state index contributed by atoms with van der Waals surface area (Å²) < 4.78 is 44.6. The monoisotopic (exact) mass is 832 g/mol. The Balaban J connectivity index is 1.32. The van der Waals surface area contributed by atoms with Gasteiger partial charge in [-0.1, -0.05) is 103 Å². The highest BCUT2D eigenvalue weighted by molar-refractivity contribution is 6.11. The second-order valence-electron chi connectivity index (χ2n) is 15.2. The largest absolute Gasteiger partial charge is 0.416 e. The van der Waals surface area contributed by atoms with E-state index < -0.39 is 11.7 Å². The van der Waals surface area contributed by atoms with E-state index >= 15 is 0 Å². The summed E-state index contributed by atoms with van der Waals surface area (Å²) in [5.41, 5.74) is 6.03. The van der Waals surface area contributed by atoms with Crippen LogP contribution in [0, 0.1) is 27.7 Å². The standard InChI is InChI=1S/C50H35F3N10/c1-28-54-29(2)57-47(56-28)36-19-21-39-40-22-20-37(48-58-30(3)55-31(4)59-48)27-43(40)63(42(39)26-36)44-25-35(34-16-11-17-38(24-34)50(51,52)53)18-23-41(44)49-61-45(32-12-7-5-8-13-32)60-46(62-49)33-14-9-6-10-15-33/h5-27H,1-4H3. The van der Waals surface area contributed by atoms with Crippen molar-refractivity contribution in [2.24, 2.45) is 0 Å². The molecule has 13 heteroatoms. The van der Waals surface area contributed by atoms with Crippen molar-refractivity contribution in [2.75, 3.05) is 0 Å². The molecule has 0 bridgehead atoms. The molecule has 0 aliphatic carbocycles. The third kappa shape index (κ3) is 7.54. The molecule has 10 rings (SSSR count). The maximum Gasteiger partial charge on any atom is 0.416 e. The van der Waals surface area contributed by atoms with E-state index in [0.29, 0.717) is 74.8 Å². The Hall–Kier alpha value is -8.06. The van der Waals surface area contributed by atoms with Crippen LogP contribution in [-0.2, 0) is 6.18 Å². The van der Waals surface area contributed by atoms with Gasteiger partial charge in [0.05, 0.1) is 22.3 Å². The summed E-state index contributed by atoms with van der Waals surface area (Å²) in [5, 5.41) is 1.82. The van der Waals surface area contributed by atoms with E-state index in [2.05, 4.69) is 34.5 Å². The van der Waals surface area contributed by atoms with Crippen LogP contribution < -0.4 is 0 Å². The topological polar surface area (TPSA) is 121 Å². The van der Waals surface area contributed by atoms with Gasteiger partial charge in [-0.15, -0.1) is 0 Å². The molecular weight excluding hydrogens is 798 g/mol. The minimum absolute atomic E-state index is 0.364. The van der Waals surface area contributed by atoms with Crippen LogP contribution >= 0.6 is 0 Å². The van der Waals surface area contributed by atoms with Gasteiger partial charge in [0.25, 0.3) is 0 Å². The van der Waals surface area contributed by atoms with Crippen LogP contribution in [0.5, 0.6) is 0 Å². The number of rotatable bonds is 7. The summed E-state index contributed by atoms with van der Waals surface area (Å²) in [6, 6.07) is 42.3. The predicted molar refractivity (Wildman–Crippen MR) is 238 cm³/mol. The summed E-state index contributed by atoms with van der Waals surface area (Å²) in [4.78, 5) is 42.7. The number of alkyl halides is 3. The third-order valence-electron chi connectivity index (χ3n) is 10.7. The van der Waals surface area contributed by atoms with Crippen LogP contribution in [0.15, 0.2) is 140 Å². The Labute approximate surface area is 359 Å². The molecule has 10 aromatic rings. The van der Waals surface area contributed by atoms with Gasteiger partial charge in [-0.2, -0.15) is 13.2 Å². The van der Waals surface area contributed by atoms with Gasteiger partial charge in [0.15, 0.2) is 29.1 Å². The number of fused-ring (bicyclic) bond motifs is 3. The maximum atomic E-state index is 14.2. The number of hydrogen-bond acceptors (Lipinski definition) is 9. The summed E-state index contributed by atoms with van der Waals surface area (Å²) in [5.74, 6) is 4.63. The normalized spacial score (nSPS) is 11.7. The number of benzene rings is 6. The summed E-state index contributed by atoms with van der Waals surface area (Å²) >= 11 is 0. The molecule has 0 unspecified atom stereocenters. The fraction of sp³-hybridized carbons (Fsp3) is 0.100. The number of hydrogen-bond donors (Lipinski definition) is 0. The van der Waals surface area contributed by atoms with Crippen LogP contribution in [-0.4, -0.2) is 49.4 Å². The number of halogens is 3. The molecule has 0 N–H and O–H groups in total. The zero-order valence-electron chi connectivity index (χ0n) is 34.4. The van der Waals surface area contributed by atoms with E-state index in [-0.39, 0.29) is 0 Å². The van der Waals surface area contributed by atoms with Crippen LogP contribution in [0.2, 0.25) is 0 Å². The van der Waals surface area contributed by atoms with Gasteiger partial charge in [-0.25, -0.2) is 44.9 Å². The highest BCUT2D eigenvalue weighted by Gasteiger charge is 2.31. The number of aryl methyl sites for hydroxylation is 4. The van der Waals surface area contributed by atoms with E-state index in [1.807, 2.05) is 137 Å². The summed E-state index contributed by atoms with van der Waals surface area (Å²) in [6.07, 6.45) is -4.54. The Morgan fingerprint density at radius 1 is 0.365 bits per heavy atom. The Morgan fingerprint density at radius 2 is 0.794 bits per heavy atom. The van der Waals surface area contributed by atoms with Crippen molar-refractivity contribution in [3.8, 4) is 73.8 Å². The lowest BCUT2D eigenvalue weighted by Gasteiger charge is -2.17. The minimum Gasteiger partial charge on any atom is -0.308 e. The Bertz CT molecular complexity index is 3180. The van der Waals surface area contributed by atoms with E-state index in [1.165, 1.54) is 12.1 Å². The molecule has 0 spiro atoms. The molecule has 0 saturated carbocycles. The zero-order chi connectivity index (χ0) is 43.4. The molecule has 0 aliphatic heterocycles. The van der Waals surface area contributed by atoms with Crippen LogP contribution in [0.25, 0.3) is 95.6 Å². The highest BCUT2D eigenvalue weighted by Crippen LogP contribution is 2.41. The first-order valence-corrected chi connectivity index (χ1v) is 20.1. The number of aromatic nitrogens is 10. The van der Waals surface area contributed by atoms with Gasteiger partial charge < -0.3 is 4.57 Å². The molecule has 0 radical (unpaired) electrons. The fourth-order valence-electron chi connectivity index (χ4n) is 7.94. The molecular formula is C50H35F3N10. The maximum absolute atomic E-state index is 14.2. The Kier molecular flexibility index (Phi) is 9.58. The minimum atomic E-state index is -4.54. The SMILES string of the molecule is Cc1nc(C)nc(-c2ccc3c4ccc(-c5nc(C)nc(C)n5)cc4n(-c4cc(-c5cccc(C(F)(F)F)c5)ccc4-c4nc(-c5ccccc5)nc(-c5ccccc5)n4)c3c2)n1. The second-order valence-corrected chi connectivity index (χ2v) is 15.2. The van der Waals surface area contributed by atoms with E-state index in [0.717, 1.165) is 50.1 Å². The first kappa shape index (κ1) is 39.1. The molecule has 4 aromatic heterocycles. The lowest BCUT2D eigenvalue weighted by Crippen LogP contribution is -2.05. The van der Waals surface area contributed by atoms with Crippen molar-refractivity contribution >= 4 is 21.8 Å². The third-order valence-corrected chi connectivity index (χ3v) is 10.7. The first-order valence-electron chi connectivity index (χ1n) is 20.1. The molecule has 6 aromatic carbocycles. The number of nitrogens with zero attached hydrogens (tertiary/aromatic N) is 10. The van der Waals surface area contributed by atoms with Crippen molar-refractivity contribution in [2.45, 2.75) is 33.9 Å². The fourth-order valence-corrected chi connectivity index (χ4v) is 7.94. The molecule has 10 nitrogen and oxygen atoms in total. The molecule has 0 fully saturated rings. The smallest absolute Gasteiger partial charge is 0.308 e. The second kappa shape index (κ2) is 15.4. The highest BCUT2D eigenvalue weighted by atomic mass is 19.4.